The van der Waals surface area contributed by atoms with E-state index in [0.717, 1.165) is 24.8 Å². The molecule has 1 aliphatic carbocycles. The average Bonchev–Trinajstić information content (AvgIpc) is 2.58. The molecule has 0 radical (unpaired) electrons. The number of aryl methyl sites for hydroxylation is 1. The van der Waals surface area contributed by atoms with Gasteiger partial charge < -0.3 is 4.90 Å². The molecule has 0 aromatic heterocycles. The maximum atomic E-state index is 12.3. The number of hydrogen-bond acceptors (Lipinski definition) is 3. The van der Waals surface area contributed by atoms with Crippen LogP contribution in [0.3, 0.4) is 0 Å². The van der Waals surface area contributed by atoms with Crippen LogP contribution in [0.5, 0.6) is 0 Å². The van der Waals surface area contributed by atoms with E-state index in [1.54, 1.807) is 23.1 Å². The minimum atomic E-state index is -3.54. The predicted molar refractivity (Wildman–Crippen MR) is 99.8 cm³/mol. The Hall–Kier alpha value is -1.66. The number of allylic oxidation sites excluding steroid dienone is 1. The summed E-state index contributed by atoms with van der Waals surface area (Å²) in [6.45, 7) is 4.64. The number of hydrogen-bond donors (Lipinski definition) is 1. The van der Waals surface area contributed by atoms with Crippen LogP contribution in [0.2, 0.25) is 0 Å². The topological polar surface area (TPSA) is 66.5 Å². The lowest BCUT2D eigenvalue weighted by atomic mass is 9.97. The van der Waals surface area contributed by atoms with Crippen molar-refractivity contribution in [2.75, 3.05) is 19.6 Å². The van der Waals surface area contributed by atoms with E-state index in [1.165, 1.54) is 25.3 Å². The second kappa shape index (κ2) is 9.15. The van der Waals surface area contributed by atoms with Crippen LogP contribution in [0.4, 0.5) is 0 Å². The highest BCUT2D eigenvalue weighted by molar-refractivity contribution is 7.89. The fraction of sp³-hybridized carbons (Fsp3) is 0.526. The zero-order chi connectivity index (χ0) is 18.3. The van der Waals surface area contributed by atoms with E-state index < -0.39 is 10.0 Å². The van der Waals surface area contributed by atoms with Crippen LogP contribution >= 0.6 is 0 Å². The van der Waals surface area contributed by atoms with E-state index in [1.807, 2.05) is 13.0 Å². The molecule has 138 valence electrons. The lowest BCUT2D eigenvalue weighted by molar-refractivity contribution is -0.128. The smallest absolute Gasteiger partial charge is 0.240 e. The Morgan fingerprint density at radius 2 is 2.04 bits per heavy atom. The number of benzene rings is 1. The van der Waals surface area contributed by atoms with Gasteiger partial charge in [0.15, 0.2) is 0 Å². The fourth-order valence-electron chi connectivity index (χ4n) is 3.02. The molecule has 1 aliphatic rings. The Balaban J connectivity index is 1.86. The molecule has 5 nitrogen and oxygen atoms in total. The number of nitrogens with one attached hydrogen (secondary N) is 1. The Bertz CT molecular complexity index is 726. The van der Waals surface area contributed by atoms with Crippen LogP contribution in [-0.4, -0.2) is 38.9 Å². The molecule has 1 N–H and O–H groups in total. The SMILES string of the molecule is CC(=O)N(CCNS(=O)(=O)c1cccc(C)c1)CCC1=CCCCC1. The zero-order valence-electron chi connectivity index (χ0n) is 15.1. The highest BCUT2D eigenvalue weighted by Gasteiger charge is 2.15. The molecule has 0 fully saturated rings. The van der Waals surface area contributed by atoms with Crippen molar-refractivity contribution in [2.45, 2.75) is 50.8 Å². The molecular formula is C19H28N2O3S. The molecule has 0 atom stereocenters. The molecule has 0 saturated heterocycles. The molecule has 6 heteroatoms. The first-order valence-electron chi connectivity index (χ1n) is 8.88. The molecular weight excluding hydrogens is 336 g/mol. The Labute approximate surface area is 151 Å². The average molecular weight is 365 g/mol. The first-order chi connectivity index (χ1) is 11.9. The summed E-state index contributed by atoms with van der Waals surface area (Å²) in [6.07, 6.45) is 7.88. The van der Waals surface area contributed by atoms with Crippen molar-refractivity contribution in [3.63, 3.8) is 0 Å². The standard InChI is InChI=1S/C19H28N2O3S/c1-16-7-6-10-19(15-16)25(23,24)20-12-14-21(17(2)22)13-11-18-8-4-3-5-9-18/h6-8,10,15,20H,3-5,9,11-14H2,1-2H3. The van der Waals surface area contributed by atoms with Gasteiger partial charge in [0.1, 0.15) is 0 Å². The van der Waals surface area contributed by atoms with Crippen molar-refractivity contribution in [1.82, 2.24) is 9.62 Å². The Morgan fingerprint density at radius 1 is 1.24 bits per heavy atom. The molecule has 0 heterocycles. The van der Waals surface area contributed by atoms with Crippen molar-refractivity contribution in [3.05, 3.63) is 41.5 Å². The largest absolute Gasteiger partial charge is 0.341 e. The summed E-state index contributed by atoms with van der Waals surface area (Å²) in [5.41, 5.74) is 2.31. The third-order valence-electron chi connectivity index (χ3n) is 4.51. The zero-order valence-corrected chi connectivity index (χ0v) is 15.9. The number of amides is 1. The maximum absolute atomic E-state index is 12.3. The summed E-state index contributed by atoms with van der Waals surface area (Å²) in [7, 11) is -3.54. The van der Waals surface area contributed by atoms with Gasteiger partial charge >= 0.3 is 0 Å². The van der Waals surface area contributed by atoms with Crippen LogP contribution < -0.4 is 4.72 Å². The Kier molecular flexibility index (Phi) is 7.20. The third kappa shape index (κ3) is 6.29. The van der Waals surface area contributed by atoms with E-state index in [2.05, 4.69) is 10.8 Å². The minimum absolute atomic E-state index is 0.0221. The lowest BCUT2D eigenvalue weighted by Gasteiger charge is -2.23. The van der Waals surface area contributed by atoms with Gasteiger partial charge in [0.25, 0.3) is 0 Å². The van der Waals surface area contributed by atoms with Crippen molar-refractivity contribution in [1.29, 1.82) is 0 Å². The van der Waals surface area contributed by atoms with Gasteiger partial charge in [-0.25, -0.2) is 13.1 Å². The lowest BCUT2D eigenvalue weighted by Crippen LogP contribution is -2.38. The number of carbonyl (C=O) groups is 1. The van der Waals surface area contributed by atoms with Gasteiger partial charge in [0, 0.05) is 26.6 Å². The van der Waals surface area contributed by atoms with Crippen LogP contribution in [0, 0.1) is 6.92 Å². The summed E-state index contributed by atoms with van der Waals surface area (Å²) in [4.78, 5) is 13.8. The van der Waals surface area contributed by atoms with E-state index in [9.17, 15) is 13.2 Å². The summed E-state index contributed by atoms with van der Waals surface area (Å²) in [5.74, 6) is -0.0221. The number of nitrogens with zero attached hydrogens (tertiary/aromatic N) is 1. The van der Waals surface area contributed by atoms with Crippen LogP contribution in [-0.2, 0) is 14.8 Å². The minimum Gasteiger partial charge on any atom is -0.341 e. The molecule has 0 spiro atoms. The van der Waals surface area contributed by atoms with Gasteiger partial charge in [0.05, 0.1) is 4.90 Å². The highest BCUT2D eigenvalue weighted by Crippen LogP contribution is 2.20. The van der Waals surface area contributed by atoms with Crippen molar-refractivity contribution in [3.8, 4) is 0 Å². The fourth-order valence-corrected chi connectivity index (χ4v) is 4.14. The molecule has 0 saturated carbocycles. The number of carbonyl (C=O) groups excluding carboxylic acids is 1. The van der Waals surface area contributed by atoms with Gasteiger partial charge in [-0.05, 0) is 56.7 Å². The quantitative estimate of drug-likeness (QED) is 0.721. The van der Waals surface area contributed by atoms with Crippen molar-refractivity contribution < 1.29 is 13.2 Å². The van der Waals surface area contributed by atoms with Crippen LogP contribution in [0.15, 0.2) is 40.8 Å². The van der Waals surface area contributed by atoms with Gasteiger partial charge in [-0.1, -0.05) is 23.8 Å². The second-order valence-corrected chi connectivity index (χ2v) is 8.35. The van der Waals surface area contributed by atoms with Gasteiger partial charge in [0.2, 0.25) is 15.9 Å². The first-order valence-corrected chi connectivity index (χ1v) is 10.4. The molecule has 1 amide bonds. The summed E-state index contributed by atoms with van der Waals surface area (Å²) >= 11 is 0. The molecule has 1 aromatic carbocycles. The summed E-state index contributed by atoms with van der Waals surface area (Å²) in [6, 6.07) is 6.80. The maximum Gasteiger partial charge on any atom is 0.240 e. The second-order valence-electron chi connectivity index (χ2n) is 6.58. The summed E-state index contributed by atoms with van der Waals surface area (Å²) in [5, 5.41) is 0. The Morgan fingerprint density at radius 3 is 2.68 bits per heavy atom. The van der Waals surface area contributed by atoms with Gasteiger partial charge in [-0.15, -0.1) is 0 Å². The van der Waals surface area contributed by atoms with Crippen LogP contribution in [0.1, 0.15) is 44.6 Å². The van der Waals surface area contributed by atoms with E-state index in [4.69, 9.17) is 0 Å². The normalized spacial score (nSPS) is 14.9. The third-order valence-corrected chi connectivity index (χ3v) is 5.97. The number of rotatable bonds is 8. The highest BCUT2D eigenvalue weighted by atomic mass is 32.2. The number of sulfonamides is 1. The molecule has 0 aliphatic heterocycles. The van der Waals surface area contributed by atoms with Crippen molar-refractivity contribution >= 4 is 15.9 Å². The molecule has 1 aromatic rings. The molecule has 2 rings (SSSR count). The van der Waals surface area contributed by atoms with E-state index in [0.29, 0.717) is 13.1 Å². The van der Waals surface area contributed by atoms with Gasteiger partial charge in [-0.2, -0.15) is 0 Å². The van der Waals surface area contributed by atoms with Crippen LogP contribution in [0.25, 0.3) is 0 Å². The van der Waals surface area contributed by atoms with E-state index >= 15 is 0 Å². The predicted octanol–water partition coefficient (Wildman–Crippen LogP) is 3.01. The monoisotopic (exact) mass is 364 g/mol. The van der Waals surface area contributed by atoms with Crippen molar-refractivity contribution in [2.24, 2.45) is 0 Å². The van der Waals surface area contributed by atoms with Gasteiger partial charge in [-0.3, -0.25) is 4.79 Å². The molecule has 0 unspecified atom stereocenters. The van der Waals surface area contributed by atoms with E-state index in [-0.39, 0.29) is 17.3 Å². The summed E-state index contributed by atoms with van der Waals surface area (Å²) < 4.78 is 27.2. The first kappa shape index (κ1) is 19.7. The molecule has 25 heavy (non-hydrogen) atoms. The molecule has 0 bridgehead atoms.